The van der Waals surface area contributed by atoms with Crippen molar-refractivity contribution in [1.82, 2.24) is 34.7 Å². The Morgan fingerprint density at radius 2 is 2.06 bits per heavy atom. The van der Waals surface area contributed by atoms with Crippen LogP contribution in [0.25, 0.3) is 17.0 Å². The van der Waals surface area contributed by atoms with Gasteiger partial charge in [0.05, 0.1) is 6.33 Å². The summed E-state index contributed by atoms with van der Waals surface area (Å²) < 4.78 is 1.61. The molecule has 0 aliphatic heterocycles. The first kappa shape index (κ1) is 10.2. The lowest BCUT2D eigenvalue weighted by atomic mass is 10.5. The summed E-state index contributed by atoms with van der Waals surface area (Å²) >= 11 is 5.85. The second-order valence-electron chi connectivity index (χ2n) is 3.54. The molecule has 3 heterocycles. The second-order valence-corrected chi connectivity index (χ2v) is 3.87. The third-order valence-electron chi connectivity index (χ3n) is 2.31. The van der Waals surface area contributed by atoms with Crippen molar-refractivity contribution in [1.29, 1.82) is 0 Å². The van der Waals surface area contributed by atoms with Crippen LogP contribution in [0.5, 0.6) is 0 Å². The number of H-pyrrole nitrogens is 1. The van der Waals surface area contributed by atoms with E-state index in [0.717, 1.165) is 5.82 Å². The summed E-state index contributed by atoms with van der Waals surface area (Å²) in [5, 5.41) is 4.39. The molecule has 86 valence electrons. The number of nitrogens with zero attached hydrogens (tertiary/aromatic N) is 6. The molecule has 3 rings (SSSR count). The van der Waals surface area contributed by atoms with Gasteiger partial charge in [0.15, 0.2) is 11.5 Å². The lowest BCUT2D eigenvalue weighted by Crippen LogP contribution is -2.04. The zero-order valence-electron chi connectivity index (χ0n) is 9.14. The molecule has 1 N–H and O–H groups in total. The van der Waals surface area contributed by atoms with Crippen molar-refractivity contribution in [2.45, 2.75) is 13.8 Å². The van der Waals surface area contributed by atoms with Crippen LogP contribution in [0, 0.1) is 13.8 Å². The molecular weight excluding hydrogens is 242 g/mol. The van der Waals surface area contributed by atoms with Gasteiger partial charge < -0.3 is 4.98 Å². The maximum Gasteiger partial charge on any atom is 0.226 e. The number of aryl methyl sites for hydroxylation is 2. The zero-order valence-corrected chi connectivity index (χ0v) is 9.89. The van der Waals surface area contributed by atoms with Gasteiger partial charge in [0.25, 0.3) is 0 Å². The van der Waals surface area contributed by atoms with E-state index >= 15 is 0 Å². The molecule has 0 aliphatic rings. The quantitative estimate of drug-likeness (QED) is 0.655. The van der Waals surface area contributed by atoms with Gasteiger partial charge in [-0.2, -0.15) is 14.6 Å². The summed E-state index contributed by atoms with van der Waals surface area (Å²) in [6.07, 6.45) is 1.54. The highest BCUT2D eigenvalue weighted by Crippen LogP contribution is 2.18. The molecule has 0 saturated heterocycles. The molecule has 0 unspecified atom stereocenters. The van der Waals surface area contributed by atoms with Crippen LogP contribution in [0.3, 0.4) is 0 Å². The van der Waals surface area contributed by atoms with E-state index in [-0.39, 0.29) is 5.28 Å². The molecule has 0 atom stereocenters. The average Bonchev–Trinajstić information content (AvgIpc) is 2.83. The number of aromatic amines is 1. The molecule has 0 fully saturated rings. The molecule has 0 amide bonds. The van der Waals surface area contributed by atoms with Crippen LogP contribution in [-0.2, 0) is 0 Å². The summed E-state index contributed by atoms with van der Waals surface area (Å²) in [4.78, 5) is 19.4. The van der Waals surface area contributed by atoms with Gasteiger partial charge in [-0.3, -0.25) is 0 Å². The van der Waals surface area contributed by atoms with Gasteiger partial charge in [0.1, 0.15) is 17.2 Å². The fraction of sp³-hybridized carbons (Fsp3) is 0.222. The van der Waals surface area contributed by atoms with Gasteiger partial charge in [-0.05, 0) is 25.4 Å². The summed E-state index contributed by atoms with van der Waals surface area (Å²) in [5.41, 5.74) is 1.19. The maximum absolute atomic E-state index is 5.85. The third-order valence-corrected chi connectivity index (χ3v) is 2.48. The van der Waals surface area contributed by atoms with E-state index in [0.29, 0.717) is 22.8 Å². The van der Waals surface area contributed by atoms with Crippen molar-refractivity contribution >= 4 is 22.8 Å². The first-order valence-corrected chi connectivity index (χ1v) is 5.30. The highest BCUT2D eigenvalue weighted by atomic mass is 35.5. The number of hydrogen-bond acceptors (Lipinski definition) is 5. The second kappa shape index (κ2) is 3.49. The first-order chi connectivity index (χ1) is 8.15. The predicted molar refractivity (Wildman–Crippen MR) is 61.1 cm³/mol. The molecule has 0 radical (unpaired) electrons. The molecule has 8 heteroatoms. The molecule has 3 aromatic heterocycles. The van der Waals surface area contributed by atoms with E-state index in [1.54, 1.807) is 4.68 Å². The number of aromatic nitrogens is 7. The van der Waals surface area contributed by atoms with Crippen LogP contribution < -0.4 is 0 Å². The molecule has 0 aromatic carbocycles. The Kier molecular flexibility index (Phi) is 2.08. The minimum absolute atomic E-state index is 0.132. The molecule has 3 aromatic rings. The van der Waals surface area contributed by atoms with Crippen molar-refractivity contribution in [3.8, 4) is 5.82 Å². The first-order valence-electron chi connectivity index (χ1n) is 4.92. The Hall–Kier alpha value is -2.02. The number of hydrogen-bond donors (Lipinski definition) is 1. The standard InChI is InChI=1S/C9H8ClN7/c1-4-13-5(2)17(16-4)8-6-7(12-3-11-6)14-9(10)15-8/h3H,1-2H3,(H,11,12,14,15). The third kappa shape index (κ3) is 1.55. The minimum atomic E-state index is 0.132. The van der Waals surface area contributed by atoms with Gasteiger partial charge in [-0.25, -0.2) is 9.97 Å². The lowest BCUT2D eigenvalue weighted by Gasteiger charge is -2.02. The van der Waals surface area contributed by atoms with E-state index in [2.05, 4.69) is 30.0 Å². The van der Waals surface area contributed by atoms with Gasteiger partial charge >= 0.3 is 0 Å². The summed E-state index contributed by atoms with van der Waals surface area (Å²) in [6, 6.07) is 0. The van der Waals surface area contributed by atoms with Crippen LogP contribution in [0.15, 0.2) is 6.33 Å². The van der Waals surface area contributed by atoms with E-state index < -0.39 is 0 Å². The molecule has 17 heavy (non-hydrogen) atoms. The smallest absolute Gasteiger partial charge is 0.226 e. The van der Waals surface area contributed by atoms with Crippen LogP contribution in [0.1, 0.15) is 11.6 Å². The Labute approximate surface area is 101 Å². The van der Waals surface area contributed by atoms with E-state index in [1.165, 1.54) is 6.33 Å². The highest BCUT2D eigenvalue weighted by Gasteiger charge is 2.14. The molecule has 0 bridgehead atoms. The SMILES string of the molecule is Cc1nc(C)n(-c2nc(Cl)nc3nc[nH]c23)n1. The van der Waals surface area contributed by atoms with Crippen LogP contribution in [-0.4, -0.2) is 34.7 Å². The maximum atomic E-state index is 5.85. The van der Waals surface area contributed by atoms with E-state index in [4.69, 9.17) is 11.6 Å². The highest BCUT2D eigenvalue weighted by molar-refractivity contribution is 6.28. The van der Waals surface area contributed by atoms with Gasteiger partial charge in [-0.15, -0.1) is 5.10 Å². The van der Waals surface area contributed by atoms with Crippen molar-refractivity contribution in [3.63, 3.8) is 0 Å². The fourth-order valence-electron chi connectivity index (χ4n) is 1.67. The summed E-state index contributed by atoms with van der Waals surface area (Å²) in [7, 11) is 0. The van der Waals surface area contributed by atoms with Crippen LogP contribution in [0.4, 0.5) is 0 Å². The molecule has 0 aliphatic carbocycles. The fourth-order valence-corrected chi connectivity index (χ4v) is 1.83. The Morgan fingerprint density at radius 1 is 1.24 bits per heavy atom. The Bertz CT molecular complexity index is 699. The molecular formula is C9H8ClN7. The number of halogens is 1. The summed E-state index contributed by atoms with van der Waals surface area (Å²) in [5.74, 6) is 1.95. The Balaban J connectivity index is 2.36. The average molecular weight is 250 g/mol. The topological polar surface area (TPSA) is 85.2 Å². The van der Waals surface area contributed by atoms with Crippen molar-refractivity contribution < 1.29 is 0 Å². The lowest BCUT2D eigenvalue weighted by molar-refractivity contribution is 0.806. The number of fused-ring (bicyclic) bond motifs is 1. The number of nitrogens with one attached hydrogen (secondary N) is 1. The van der Waals surface area contributed by atoms with Crippen LogP contribution in [0.2, 0.25) is 5.28 Å². The van der Waals surface area contributed by atoms with Gasteiger partial charge in [0, 0.05) is 0 Å². The molecule has 7 nitrogen and oxygen atoms in total. The van der Waals surface area contributed by atoms with E-state index in [9.17, 15) is 0 Å². The largest absolute Gasteiger partial charge is 0.340 e. The molecule has 0 saturated carbocycles. The minimum Gasteiger partial charge on any atom is -0.340 e. The number of imidazole rings is 1. The number of rotatable bonds is 1. The molecule has 0 spiro atoms. The van der Waals surface area contributed by atoms with Crippen LogP contribution >= 0.6 is 11.6 Å². The van der Waals surface area contributed by atoms with Crippen molar-refractivity contribution in [3.05, 3.63) is 23.3 Å². The normalized spacial score (nSPS) is 11.2. The van der Waals surface area contributed by atoms with Crippen molar-refractivity contribution in [2.75, 3.05) is 0 Å². The monoisotopic (exact) mass is 249 g/mol. The summed E-state index contributed by atoms with van der Waals surface area (Å²) in [6.45, 7) is 3.66. The van der Waals surface area contributed by atoms with E-state index in [1.807, 2.05) is 13.8 Å². The predicted octanol–water partition coefficient (Wildman–Crippen LogP) is 1.20. The van der Waals surface area contributed by atoms with Crippen molar-refractivity contribution in [2.24, 2.45) is 0 Å². The zero-order chi connectivity index (χ0) is 12.0. The van der Waals surface area contributed by atoms with Gasteiger partial charge in [0.2, 0.25) is 5.28 Å². The Morgan fingerprint density at radius 3 is 2.76 bits per heavy atom. The van der Waals surface area contributed by atoms with Gasteiger partial charge in [-0.1, -0.05) is 0 Å².